The fourth-order valence-corrected chi connectivity index (χ4v) is 4.17. The highest BCUT2D eigenvalue weighted by Gasteiger charge is 2.23. The number of guanidine groups is 1. The number of amides is 1. The molecule has 7 nitrogen and oxygen atoms in total. The second kappa shape index (κ2) is 13.3. The van der Waals surface area contributed by atoms with E-state index in [4.69, 9.17) is 9.47 Å². The summed E-state index contributed by atoms with van der Waals surface area (Å²) < 4.78 is 11.1. The predicted octanol–water partition coefficient (Wildman–Crippen LogP) is 2.08. The zero-order valence-corrected chi connectivity index (χ0v) is 18.9. The number of hydrogen-bond acceptors (Lipinski definition) is 4. The first-order valence-electron chi connectivity index (χ1n) is 11.7. The molecule has 0 aromatic heterocycles. The molecule has 1 amide bonds. The minimum Gasteiger partial charge on any atom is -0.381 e. The Balaban J connectivity index is 1.24. The van der Waals surface area contributed by atoms with Gasteiger partial charge in [-0.15, -0.1) is 0 Å². The number of aliphatic imine (C=N–C) groups is 1. The average Bonchev–Trinajstić information content (AvgIpc) is 3.32. The van der Waals surface area contributed by atoms with Gasteiger partial charge in [0, 0.05) is 45.8 Å². The van der Waals surface area contributed by atoms with Gasteiger partial charge in [-0.2, -0.15) is 0 Å². The molecule has 0 spiro atoms. The van der Waals surface area contributed by atoms with Crippen LogP contribution in [0.5, 0.6) is 0 Å². The number of carbonyl (C=O) groups excluding carboxylic acids is 1. The standard InChI is InChI=1S/C24H38N4O3/c1-25-24(26-11-5-14-30-18-22-10-15-31-19-22)27-17-23(29)28-12-8-21(9-13-28)16-20-6-3-2-4-7-20/h2-4,6-7,21-22H,5,8-19H2,1H3,(H2,25,26,27). The third kappa shape index (κ3) is 8.50. The van der Waals surface area contributed by atoms with Crippen LogP contribution in [-0.2, 0) is 20.7 Å². The molecular weight excluding hydrogens is 392 g/mol. The van der Waals surface area contributed by atoms with Crippen molar-refractivity contribution in [1.29, 1.82) is 0 Å². The Hall–Kier alpha value is -2.12. The molecule has 2 fully saturated rings. The lowest BCUT2D eigenvalue weighted by atomic mass is 9.90. The molecule has 2 N–H and O–H groups in total. The number of carbonyl (C=O) groups is 1. The molecule has 1 aromatic rings. The van der Waals surface area contributed by atoms with E-state index in [1.807, 2.05) is 4.90 Å². The van der Waals surface area contributed by atoms with E-state index in [0.29, 0.717) is 17.8 Å². The zero-order valence-electron chi connectivity index (χ0n) is 18.9. The maximum atomic E-state index is 12.6. The van der Waals surface area contributed by atoms with E-state index in [2.05, 4.69) is 46.0 Å². The monoisotopic (exact) mass is 430 g/mol. The Morgan fingerprint density at radius 1 is 1.16 bits per heavy atom. The molecule has 3 rings (SSSR count). The number of piperidine rings is 1. The van der Waals surface area contributed by atoms with E-state index in [1.165, 1.54) is 5.56 Å². The summed E-state index contributed by atoms with van der Waals surface area (Å²) in [6.07, 6.45) is 5.25. The lowest BCUT2D eigenvalue weighted by molar-refractivity contribution is -0.131. The van der Waals surface area contributed by atoms with Crippen LogP contribution < -0.4 is 10.6 Å². The molecular formula is C24H38N4O3. The normalized spacial score (nSPS) is 20.1. The largest absolute Gasteiger partial charge is 0.381 e. The van der Waals surface area contributed by atoms with E-state index >= 15 is 0 Å². The quantitative estimate of drug-likeness (QED) is 0.338. The maximum absolute atomic E-state index is 12.6. The molecule has 31 heavy (non-hydrogen) atoms. The minimum absolute atomic E-state index is 0.142. The first-order valence-corrected chi connectivity index (χ1v) is 11.7. The topological polar surface area (TPSA) is 75.2 Å². The highest BCUT2D eigenvalue weighted by molar-refractivity contribution is 5.86. The van der Waals surface area contributed by atoms with Crippen LogP contribution >= 0.6 is 0 Å². The highest BCUT2D eigenvalue weighted by atomic mass is 16.5. The van der Waals surface area contributed by atoms with Crippen LogP contribution in [0.4, 0.5) is 0 Å². The van der Waals surface area contributed by atoms with Gasteiger partial charge in [0.05, 0.1) is 19.8 Å². The van der Waals surface area contributed by atoms with Crippen LogP contribution in [0.3, 0.4) is 0 Å². The number of likely N-dealkylation sites (tertiary alicyclic amines) is 1. The molecule has 0 saturated carbocycles. The van der Waals surface area contributed by atoms with Crippen molar-refractivity contribution in [2.24, 2.45) is 16.8 Å². The van der Waals surface area contributed by atoms with Crippen LogP contribution in [0.25, 0.3) is 0 Å². The summed E-state index contributed by atoms with van der Waals surface area (Å²) in [5.74, 6) is 2.02. The summed E-state index contributed by atoms with van der Waals surface area (Å²) in [6.45, 7) is 5.92. The van der Waals surface area contributed by atoms with Gasteiger partial charge < -0.3 is 25.0 Å². The summed E-state index contributed by atoms with van der Waals surface area (Å²) >= 11 is 0. The zero-order chi connectivity index (χ0) is 21.7. The van der Waals surface area contributed by atoms with Crippen LogP contribution in [0.15, 0.2) is 35.3 Å². The second-order valence-corrected chi connectivity index (χ2v) is 8.52. The first-order chi connectivity index (χ1) is 15.2. The summed E-state index contributed by atoms with van der Waals surface area (Å²) in [7, 11) is 1.73. The number of rotatable bonds is 10. The number of nitrogens with one attached hydrogen (secondary N) is 2. The number of nitrogens with zero attached hydrogens (tertiary/aromatic N) is 2. The number of hydrogen-bond donors (Lipinski definition) is 2. The molecule has 7 heteroatoms. The second-order valence-electron chi connectivity index (χ2n) is 8.52. The molecule has 172 valence electrons. The minimum atomic E-state index is 0.142. The van der Waals surface area contributed by atoms with Crippen molar-refractivity contribution in [3.63, 3.8) is 0 Å². The van der Waals surface area contributed by atoms with Crippen molar-refractivity contribution in [1.82, 2.24) is 15.5 Å². The molecule has 2 heterocycles. The van der Waals surface area contributed by atoms with Crippen molar-refractivity contribution in [2.75, 3.05) is 59.7 Å². The predicted molar refractivity (Wildman–Crippen MR) is 123 cm³/mol. The third-order valence-electron chi connectivity index (χ3n) is 6.10. The van der Waals surface area contributed by atoms with Gasteiger partial charge in [-0.25, -0.2) is 0 Å². The van der Waals surface area contributed by atoms with Gasteiger partial charge >= 0.3 is 0 Å². The van der Waals surface area contributed by atoms with Crippen molar-refractivity contribution in [2.45, 2.75) is 32.1 Å². The highest BCUT2D eigenvalue weighted by Crippen LogP contribution is 2.21. The van der Waals surface area contributed by atoms with Crippen LogP contribution in [0, 0.1) is 11.8 Å². The first kappa shape index (κ1) is 23.5. The summed E-state index contributed by atoms with van der Waals surface area (Å²) in [4.78, 5) is 18.8. The fourth-order valence-electron chi connectivity index (χ4n) is 4.17. The van der Waals surface area contributed by atoms with Gasteiger partial charge in [-0.1, -0.05) is 30.3 Å². The molecule has 0 aliphatic carbocycles. The Labute approximate surface area is 186 Å². The Morgan fingerprint density at radius 2 is 1.97 bits per heavy atom. The SMILES string of the molecule is CN=C(NCCCOCC1CCOC1)NCC(=O)N1CCC(Cc2ccccc2)CC1. The summed E-state index contributed by atoms with van der Waals surface area (Å²) in [5.41, 5.74) is 1.39. The fraction of sp³-hybridized carbons (Fsp3) is 0.667. The van der Waals surface area contributed by atoms with Crippen LogP contribution in [0.2, 0.25) is 0 Å². The maximum Gasteiger partial charge on any atom is 0.241 e. The summed E-state index contributed by atoms with van der Waals surface area (Å²) in [5, 5.41) is 6.40. The van der Waals surface area contributed by atoms with E-state index in [0.717, 1.165) is 78.2 Å². The third-order valence-corrected chi connectivity index (χ3v) is 6.10. The smallest absolute Gasteiger partial charge is 0.241 e. The average molecular weight is 431 g/mol. The van der Waals surface area contributed by atoms with E-state index in [-0.39, 0.29) is 12.5 Å². The number of ether oxygens (including phenoxy) is 2. The van der Waals surface area contributed by atoms with Crippen LogP contribution in [0.1, 0.15) is 31.2 Å². The number of benzene rings is 1. The van der Waals surface area contributed by atoms with Gasteiger partial charge in [0.25, 0.3) is 0 Å². The van der Waals surface area contributed by atoms with Crippen molar-refractivity contribution in [3.8, 4) is 0 Å². The molecule has 2 aliphatic heterocycles. The molecule has 1 atom stereocenters. The lowest BCUT2D eigenvalue weighted by Crippen LogP contribution is -2.47. The molecule has 1 unspecified atom stereocenters. The van der Waals surface area contributed by atoms with Gasteiger partial charge in [0.15, 0.2) is 5.96 Å². The van der Waals surface area contributed by atoms with E-state index in [1.54, 1.807) is 7.05 Å². The molecule has 0 radical (unpaired) electrons. The molecule has 2 saturated heterocycles. The van der Waals surface area contributed by atoms with E-state index in [9.17, 15) is 4.79 Å². The Bertz CT molecular complexity index is 669. The molecule has 1 aromatic carbocycles. The van der Waals surface area contributed by atoms with Crippen molar-refractivity contribution < 1.29 is 14.3 Å². The van der Waals surface area contributed by atoms with E-state index < -0.39 is 0 Å². The van der Waals surface area contributed by atoms with Gasteiger partial charge in [0.1, 0.15) is 0 Å². The van der Waals surface area contributed by atoms with Crippen molar-refractivity contribution in [3.05, 3.63) is 35.9 Å². The van der Waals surface area contributed by atoms with Gasteiger partial charge in [-0.3, -0.25) is 9.79 Å². The van der Waals surface area contributed by atoms with Gasteiger partial charge in [-0.05, 0) is 43.6 Å². The van der Waals surface area contributed by atoms with Crippen LogP contribution in [-0.4, -0.2) is 76.4 Å². The summed E-state index contributed by atoms with van der Waals surface area (Å²) in [6, 6.07) is 10.6. The van der Waals surface area contributed by atoms with Crippen molar-refractivity contribution >= 4 is 11.9 Å². The Kier molecular flexibility index (Phi) is 10.1. The Morgan fingerprint density at radius 3 is 2.68 bits per heavy atom. The molecule has 2 aliphatic rings. The van der Waals surface area contributed by atoms with Gasteiger partial charge in [0.2, 0.25) is 5.91 Å². The lowest BCUT2D eigenvalue weighted by Gasteiger charge is -2.32. The molecule has 0 bridgehead atoms.